The summed E-state index contributed by atoms with van der Waals surface area (Å²) in [5.74, 6) is -2.48. The van der Waals surface area contributed by atoms with Crippen molar-refractivity contribution in [3.63, 3.8) is 0 Å². The van der Waals surface area contributed by atoms with Crippen LogP contribution in [-0.2, 0) is 28.7 Å². The largest absolute Gasteiger partial charge is 0.425 e. The molecule has 40 heavy (non-hydrogen) atoms. The van der Waals surface area contributed by atoms with E-state index in [0.29, 0.717) is 17.7 Å². The zero-order chi connectivity index (χ0) is 28.8. The minimum absolute atomic E-state index is 0.0268. The third-order valence-electron chi connectivity index (χ3n) is 5.74. The van der Waals surface area contributed by atoms with Crippen molar-refractivity contribution in [3.05, 3.63) is 58.5 Å². The number of amides is 2. The van der Waals surface area contributed by atoms with E-state index in [9.17, 15) is 24.4 Å². The van der Waals surface area contributed by atoms with Crippen molar-refractivity contribution in [2.24, 2.45) is 5.16 Å². The van der Waals surface area contributed by atoms with Crippen LogP contribution in [0.4, 0.5) is 5.13 Å². The number of allylic oxidation sites excluding steroid dienone is 1. The molecule has 0 aliphatic carbocycles. The van der Waals surface area contributed by atoms with Gasteiger partial charge in [0.05, 0.1) is 0 Å². The molecule has 15 heteroatoms. The van der Waals surface area contributed by atoms with Crippen LogP contribution in [0.25, 0.3) is 6.08 Å². The van der Waals surface area contributed by atoms with Crippen molar-refractivity contribution in [1.29, 1.82) is 0 Å². The van der Waals surface area contributed by atoms with Gasteiger partial charge in [-0.25, -0.2) is 9.78 Å². The summed E-state index contributed by atoms with van der Waals surface area (Å²) in [7, 11) is 0. The minimum atomic E-state index is -1.18. The number of nitrogens with zero attached hydrogens (tertiary/aromatic N) is 4. The highest BCUT2D eigenvalue weighted by Crippen LogP contribution is 2.41. The van der Waals surface area contributed by atoms with Crippen molar-refractivity contribution in [1.82, 2.24) is 20.2 Å². The molecule has 2 amide bonds. The number of carbonyl (C=O) groups excluding carboxylic acids is 4. The second kappa shape index (κ2) is 12.7. The van der Waals surface area contributed by atoms with Gasteiger partial charge < -0.3 is 25.7 Å². The highest BCUT2D eigenvalue weighted by molar-refractivity contribution is 8.00. The highest BCUT2D eigenvalue weighted by Gasteiger charge is 2.54. The number of fused-ring (bicyclic) bond motifs is 1. The van der Waals surface area contributed by atoms with Gasteiger partial charge in [0.1, 0.15) is 22.8 Å². The number of thioether (sulfide) groups is 1. The second-order valence-electron chi connectivity index (χ2n) is 8.59. The number of anilines is 1. The Balaban J connectivity index is 1.56. The Labute approximate surface area is 237 Å². The summed E-state index contributed by atoms with van der Waals surface area (Å²) >= 11 is 2.38. The molecule has 4 heterocycles. The van der Waals surface area contributed by atoms with E-state index in [4.69, 9.17) is 15.2 Å². The Morgan fingerprint density at radius 1 is 1.35 bits per heavy atom. The van der Waals surface area contributed by atoms with Crippen molar-refractivity contribution >= 4 is 63.8 Å². The van der Waals surface area contributed by atoms with Crippen LogP contribution in [0.3, 0.4) is 0 Å². The van der Waals surface area contributed by atoms with E-state index in [-0.39, 0.29) is 22.9 Å². The van der Waals surface area contributed by atoms with E-state index in [1.54, 1.807) is 30.6 Å². The Morgan fingerprint density at radius 3 is 2.80 bits per heavy atom. The molecule has 0 bridgehead atoms. The standard InChI is InChI=1S/C25H26N6O7S2/c1-3-5-17(32)37-13(2)38-24(35)20-15(8-7-14-6-4-9-27-10-14)11-39-23-19(22(34)31(20)23)29-21(33)18(30-36)16-12-40-25(26)28-16/h4,6-10,12-13,19,23,36H,3,5,11H2,1-2H3,(H2,26,28)(H,29,33)/b8-7-,30-18?/t13?,19-,23-/m1/s1. The molecule has 4 rings (SSSR count). The van der Waals surface area contributed by atoms with Gasteiger partial charge in [-0.15, -0.1) is 23.1 Å². The number of aromatic nitrogens is 2. The molecule has 2 aromatic heterocycles. The van der Waals surface area contributed by atoms with Gasteiger partial charge in [-0.05, 0) is 23.6 Å². The molecule has 2 aliphatic rings. The number of hydrogen-bond acceptors (Lipinski definition) is 13. The third-order valence-corrected chi connectivity index (χ3v) is 7.72. The first kappa shape index (κ1) is 28.8. The SMILES string of the molecule is CCCC(=O)OC(C)OC(=O)C1=C(/C=C\c2cccnc2)CS[C@@H]2[C@H](NC(=O)C(=NO)c3csc(N)n3)C(=O)N12. The van der Waals surface area contributed by atoms with Crippen molar-refractivity contribution in [2.75, 3.05) is 11.5 Å². The lowest BCUT2D eigenvalue weighted by Crippen LogP contribution is -2.71. The topological polar surface area (TPSA) is 186 Å². The maximum atomic E-state index is 13.3. The van der Waals surface area contributed by atoms with E-state index < -0.39 is 47.2 Å². The van der Waals surface area contributed by atoms with Crippen molar-refractivity contribution < 1.29 is 33.9 Å². The number of nitrogens with two attached hydrogens (primary N) is 1. The predicted octanol–water partition coefficient (Wildman–Crippen LogP) is 1.90. The first-order chi connectivity index (χ1) is 19.2. The summed E-state index contributed by atoms with van der Waals surface area (Å²) in [6.07, 6.45) is 6.25. The van der Waals surface area contributed by atoms with Gasteiger partial charge in [0.2, 0.25) is 6.29 Å². The maximum absolute atomic E-state index is 13.3. The monoisotopic (exact) mass is 586 g/mol. The number of ether oxygens (including phenoxy) is 2. The van der Waals surface area contributed by atoms with E-state index in [1.807, 2.05) is 13.0 Å². The number of carbonyl (C=O) groups is 4. The fourth-order valence-corrected chi connectivity index (χ4v) is 5.80. The Bertz CT molecular complexity index is 1390. The van der Waals surface area contributed by atoms with Gasteiger partial charge >= 0.3 is 11.9 Å². The summed E-state index contributed by atoms with van der Waals surface area (Å²) in [5.41, 5.74) is 6.50. The van der Waals surface area contributed by atoms with Crippen LogP contribution < -0.4 is 11.1 Å². The Hall–Kier alpha value is -4.24. The Morgan fingerprint density at radius 2 is 2.15 bits per heavy atom. The van der Waals surface area contributed by atoms with Crippen LogP contribution in [-0.4, -0.2) is 73.0 Å². The number of nitrogens with one attached hydrogen (secondary N) is 1. The van der Waals surface area contributed by atoms with Gasteiger partial charge in [0, 0.05) is 36.9 Å². The lowest BCUT2D eigenvalue weighted by molar-refractivity contribution is -0.184. The molecule has 0 saturated carbocycles. The van der Waals surface area contributed by atoms with Gasteiger partial charge in [-0.1, -0.05) is 30.3 Å². The molecule has 210 valence electrons. The summed E-state index contributed by atoms with van der Waals surface area (Å²) in [6.45, 7) is 3.23. The molecule has 1 fully saturated rings. The summed E-state index contributed by atoms with van der Waals surface area (Å²) in [6, 6.07) is 2.57. The Kier molecular flexibility index (Phi) is 9.16. The van der Waals surface area contributed by atoms with Gasteiger partial charge in [-0.2, -0.15) is 0 Å². The van der Waals surface area contributed by atoms with E-state index >= 15 is 0 Å². The number of oxime groups is 1. The molecular formula is C25H26N6O7S2. The van der Waals surface area contributed by atoms with Gasteiger partial charge in [0.15, 0.2) is 10.8 Å². The number of esters is 2. The maximum Gasteiger partial charge on any atom is 0.358 e. The smallest absolute Gasteiger partial charge is 0.358 e. The molecular weight excluding hydrogens is 560 g/mol. The zero-order valence-electron chi connectivity index (χ0n) is 21.5. The average molecular weight is 587 g/mol. The average Bonchev–Trinajstić information content (AvgIpc) is 3.36. The van der Waals surface area contributed by atoms with E-state index in [0.717, 1.165) is 16.9 Å². The number of nitrogen functional groups attached to an aromatic ring is 1. The first-order valence-electron chi connectivity index (χ1n) is 12.1. The van der Waals surface area contributed by atoms with Crippen LogP contribution in [0.1, 0.15) is 37.9 Å². The molecule has 2 aliphatic heterocycles. The number of thiazole rings is 1. The molecule has 2 aromatic rings. The zero-order valence-corrected chi connectivity index (χ0v) is 23.1. The molecule has 0 spiro atoms. The summed E-state index contributed by atoms with van der Waals surface area (Å²) < 4.78 is 10.5. The van der Waals surface area contributed by atoms with Crippen LogP contribution >= 0.6 is 23.1 Å². The molecule has 1 unspecified atom stereocenters. The quantitative estimate of drug-likeness (QED) is 0.0922. The number of rotatable bonds is 10. The number of pyridine rings is 1. The van der Waals surface area contributed by atoms with Gasteiger partial charge in [0.25, 0.3) is 11.8 Å². The fourth-order valence-electron chi connectivity index (χ4n) is 3.93. The minimum Gasteiger partial charge on any atom is -0.425 e. The highest BCUT2D eigenvalue weighted by atomic mass is 32.2. The van der Waals surface area contributed by atoms with Crippen molar-refractivity contribution in [2.45, 2.75) is 44.4 Å². The molecule has 1 saturated heterocycles. The summed E-state index contributed by atoms with van der Waals surface area (Å²) in [5, 5.41) is 15.9. The normalized spacial score (nSPS) is 19.6. The molecule has 4 N–H and O–H groups in total. The second-order valence-corrected chi connectivity index (χ2v) is 10.6. The first-order valence-corrected chi connectivity index (χ1v) is 14.1. The van der Waals surface area contributed by atoms with E-state index in [1.165, 1.54) is 29.0 Å². The summed E-state index contributed by atoms with van der Waals surface area (Å²) in [4.78, 5) is 60.5. The van der Waals surface area contributed by atoms with Crippen molar-refractivity contribution in [3.8, 4) is 0 Å². The predicted molar refractivity (Wildman–Crippen MR) is 147 cm³/mol. The molecule has 3 atom stereocenters. The van der Waals surface area contributed by atoms with Crippen LogP contribution in [0, 0.1) is 0 Å². The lowest BCUT2D eigenvalue weighted by atomic mass is 10.0. The lowest BCUT2D eigenvalue weighted by Gasteiger charge is -2.49. The molecule has 13 nitrogen and oxygen atoms in total. The van der Waals surface area contributed by atoms with Crippen LogP contribution in [0.5, 0.6) is 0 Å². The fraction of sp³-hybridized carbons (Fsp3) is 0.320. The van der Waals surface area contributed by atoms with Crippen LogP contribution in [0.15, 0.2) is 52.4 Å². The molecule has 0 aromatic carbocycles. The van der Waals surface area contributed by atoms with Crippen LogP contribution in [0.2, 0.25) is 0 Å². The molecule has 0 radical (unpaired) electrons. The van der Waals surface area contributed by atoms with E-state index in [2.05, 4.69) is 20.4 Å². The third kappa shape index (κ3) is 6.31. The number of hydrogen-bond donors (Lipinski definition) is 3. The number of β-lactam (4-membered cyclic amide) rings is 1. The van der Waals surface area contributed by atoms with Gasteiger partial charge in [-0.3, -0.25) is 24.3 Å².